The molecule has 0 aliphatic heterocycles. The van der Waals surface area contributed by atoms with Crippen molar-refractivity contribution < 1.29 is 19.2 Å². The van der Waals surface area contributed by atoms with E-state index in [-0.39, 0.29) is 22.1 Å². The monoisotopic (exact) mass is 465 g/mol. The number of non-ortho nitro benzene ring substituents is 1. The molecule has 154 valence electrons. The summed E-state index contributed by atoms with van der Waals surface area (Å²) in [6.45, 7) is 1.36. The highest BCUT2D eigenvalue weighted by Gasteiger charge is 2.22. The second kappa shape index (κ2) is 9.21. The summed E-state index contributed by atoms with van der Waals surface area (Å²) >= 11 is 13.2. The maximum atomic E-state index is 12.3. The fourth-order valence-electron chi connectivity index (χ4n) is 2.35. The van der Waals surface area contributed by atoms with Crippen molar-refractivity contribution in [3.05, 3.63) is 73.7 Å². The molecule has 3 aromatic rings. The van der Waals surface area contributed by atoms with Gasteiger partial charge in [-0.25, -0.2) is 9.78 Å². The third-order valence-electron chi connectivity index (χ3n) is 3.86. The third-order valence-corrected chi connectivity index (χ3v) is 5.31. The molecule has 0 saturated carbocycles. The molecule has 0 saturated heterocycles. The summed E-state index contributed by atoms with van der Waals surface area (Å²) in [5.74, 6) is -1.48. The summed E-state index contributed by atoms with van der Waals surface area (Å²) in [6.07, 6.45) is -1.19. The average Bonchev–Trinajstić information content (AvgIpc) is 3.20. The summed E-state index contributed by atoms with van der Waals surface area (Å²) in [5.41, 5.74) is 0.590. The number of nitro benzene ring substituents is 1. The molecule has 3 rings (SSSR count). The van der Waals surface area contributed by atoms with Crippen LogP contribution in [0.1, 0.15) is 17.4 Å². The number of hydrogen-bond donors (Lipinski definition) is 1. The molecule has 1 aromatic heterocycles. The van der Waals surface area contributed by atoms with Crippen LogP contribution in [0.5, 0.6) is 0 Å². The lowest BCUT2D eigenvalue weighted by molar-refractivity contribution is -0.384. The van der Waals surface area contributed by atoms with E-state index in [1.807, 2.05) is 0 Å². The SMILES string of the molecule is CC(OC(=O)c1csc(-c2cccc(Cl)c2)n1)C(=O)Nc1cc([N+](=O)[O-])ccc1Cl. The number of thiazole rings is 1. The van der Waals surface area contributed by atoms with E-state index in [1.54, 1.807) is 24.3 Å². The predicted octanol–water partition coefficient (Wildman–Crippen LogP) is 5.21. The molecular weight excluding hydrogens is 453 g/mol. The largest absolute Gasteiger partial charge is 0.448 e. The van der Waals surface area contributed by atoms with Gasteiger partial charge in [0.05, 0.1) is 15.6 Å². The number of rotatable bonds is 6. The van der Waals surface area contributed by atoms with Gasteiger partial charge < -0.3 is 10.1 Å². The van der Waals surface area contributed by atoms with Gasteiger partial charge in [0.2, 0.25) is 0 Å². The Bertz CT molecular complexity index is 1130. The summed E-state index contributed by atoms with van der Waals surface area (Å²) in [6, 6.07) is 10.6. The van der Waals surface area contributed by atoms with E-state index in [0.717, 1.165) is 11.6 Å². The molecular formula is C19H13Cl2N3O5S. The summed E-state index contributed by atoms with van der Waals surface area (Å²) in [4.78, 5) is 39.1. The van der Waals surface area contributed by atoms with Crippen molar-refractivity contribution in [1.82, 2.24) is 4.98 Å². The van der Waals surface area contributed by atoms with Crippen LogP contribution in [-0.2, 0) is 9.53 Å². The minimum atomic E-state index is -1.19. The molecule has 1 N–H and O–H groups in total. The third kappa shape index (κ3) is 5.12. The molecule has 0 bridgehead atoms. The van der Waals surface area contributed by atoms with E-state index >= 15 is 0 Å². The van der Waals surface area contributed by atoms with Gasteiger partial charge in [-0.15, -0.1) is 11.3 Å². The Balaban J connectivity index is 1.67. The number of nitrogens with zero attached hydrogens (tertiary/aromatic N) is 2. The first-order valence-corrected chi connectivity index (χ1v) is 10.1. The van der Waals surface area contributed by atoms with Gasteiger partial charge in [-0.1, -0.05) is 35.3 Å². The van der Waals surface area contributed by atoms with Crippen molar-refractivity contribution in [3.8, 4) is 10.6 Å². The fraction of sp³-hybridized carbons (Fsp3) is 0.105. The number of ether oxygens (including phenoxy) is 1. The van der Waals surface area contributed by atoms with Gasteiger partial charge in [-0.2, -0.15) is 0 Å². The minimum Gasteiger partial charge on any atom is -0.448 e. The van der Waals surface area contributed by atoms with Crippen LogP contribution < -0.4 is 5.32 Å². The molecule has 30 heavy (non-hydrogen) atoms. The highest BCUT2D eigenvalue weighted by molar-refractivity contribution is 7.13. The normalized spacial score (nSPS) is 11.6. The Hall–Kier alpha value is -3.01. The zero-order valence-electron chi connectivity index (χ0n) is 15.3. The number of aromatic nitrogens is 1. The Morgan fingerprint density at radius 1 is 1.23 bits per heavy atom. The maximum absolute atomic E-state index is 12.3. The zero-order valence-corrected chi connectivity index (χ0v) is 17.6. The molecule has 2 aromatic carbocycles. The van der Waals surface area contributed by atoms with Gasteiger partial charge in [0.1, 0.15) is 5.01 Å². The van der Waals surface area contributed by atoms with Crippen molar-refractivity contribution in [2.24, 2.45) is 0 Å². The second-order valence-electron chi connectivity index (χ2n) is 6.01. The molecule has 1 atom stereocenters. The van der Waals surface area contributed by atoms with E-state index in [1.165, 1.54) is 35.8 Å². The van der Waals surface area contributed by atoms with Crippen LogP contribution in [0.25, 0.3) is 10.6 Å². The smallest absolute Gasteiger partial charge is 0.358 e. The van der Waals surface area contributed by atoms with Crippen LogP contribution in [0.2, 0.25) is 10.0 Å². The Morgan fingerprint density at radius 3 is 2.70 bits per heavy atom. The van der Waals surface area contributed by atoms with Crippen LogP contribution in [-0.4, -0.2) is 27.9 Å². The standard InChI is InChI=1S/C19H13Cl2N3O5S/c1-10(17(25)22-15-8-13(24(27)28)5-6-14(15)21)29-19(26)16-9-30-18(23-16)11-3-2-4-12(20)7-11/h2-10H,1H3,(H,22,25). The number of esters is 1. The van der Waals surface area contributed by atoms with Crippen LogP contribution >= 0.6 is 34.5 Å². The first-order chi connectivity index (χ1) is 14.2. The Labute approximate surface area is 184 Å². The van der Waals surface area contributed by atoms with E-state index in [9.17, 15) is 19.7 Å². The first kappa shape index (κ1) is 21.7. The Kier molecular flexibility index (Phi) is 6.66. The molecule has 0 fully saturated rings. The molecule has 0 radical (unpaired) electrons. The summed E-state index contributed by atoms with van der Waals surface area (Å²) < 4.78 is 5.15. The molecule has 11 heteroatoms. The van der Waals surface area contributed by atoms with Gasteiger partial charge in [0.15, 0.2) is 11.8 Å². The fourth-order valence-corrected chi connectivity index (χ4v) is 3.49. The molecule has 0 aliphatic rings. The number of halogens is 2. The van der Waals surface area contributed by atoms with E-state index in [2.05, 4.69) is 10.3 Å². The number of carbonyl (C=O) groups excluding carboxylic acids is 2. The number of amides is 1. The van der Waals surface area contributed by atoms with Crippen molar-refractivity contribution in [3.63, 3.8) is 0 Å². The van der Waals surface area contributed by atoms with E-state index in [0.29, 0.717) is 10.0 Å². The van der Waals surface area contributed by atoms with Crippen LogP contribution in [0.4, 0.5) is 11.4 Å². The average molecular weight is 466 g/mol. The molecule has 1 heterocycles. The highest BCUT2D eigenvalue weighted by Crippen LogP contribution is 2.28. The predicted molar refractivity (Wildman–Crippen MR) is 114 cm³/mol. The summed E-state index contributed by atoms with van der Waals surface area (Å²) in [5, 5.41) is 16.0. The number of nitro groups is 1. The molecule has 1 unspecified atom stereocenters. The number of hydrogen-bond acceptors (Lipinski definition) is 7. The lowest BCUT2D eigenvalue weighted by Crippen LogP contribution is -2.30. The van der Waals surface area contributed by atoms with Crippen molar-refractivity contribution in [1.29, 1.82) is 0 Å². The summed E-state index contributed by atoms with van der Waals surface area (Å²) in [7, 11) is 0. The quantitative estimate of drug-likeness (QED) is 0.303. The zero-order chi connectivity index (χ0) is 21.8. The number of nitrogens with one attached hydrogen (secondary N) is 1. The second-order valence-corrected chi connectivity index (χ2v) is 7.71. The lowest BCUT2D eigenvalue weighted by Gasteiger charge is -2.13. The van der Waals surface area contributed by atoms with Gasteiger partial charge in [-0.05, 0) is 25.1 Å². The molecule has 0 spiro atoms. The van der Waals surface area contributed by atoms with Crippen LogP contribution in [0.3, 0.4) is 0 Å². The van der Waals surface area contributed by atoms with Crippen LogP contribution in [0, 0.1) is 10.1 Å². The van der Waals surface area contributed by atoms with Crippen molar-refractivity contribution in [2.75, 3.05) is 5.32 Å². The number of benzene rings is 2. The molecule has 8 nitrogen and oxygen atoms in total. The lowest BCUT2D eigenvalue weighted by atomic mass is 10.2. The topological polar surface area (TPSA) is 111 Å². The maximum Gasteiger partial charge on any atom is 0.358 e. The van der Waals surface area contributed by atoms with E-state index < -0.39 is 22.9 Å². The van der Waals surface area contributed by atoms with Crippen LogP contribution in [0.15, 0.2) is 47.8 Å². The first-order valence-electron chi connectivity index (χ1n) is 8.42. The molecule has 1 amide bonds. The van der Waals surface area contributed by atoms with Crippen molar-refractivity contribution >= 4 is 57.8 Å². The number of anilines is 1. The number of carbonyl (C=O) groups is 2. The van der Waals surface area contributed by atoms with Gasteiger partial charge in [-0.3, -0.25) is 14.9 Å². The van der Waals surface area contributed by atoms with E-state index in [4.69, 9.17) is 27.9 Å². The van der Waals surface area contributed by atoms with Crippen molar-refractivity contribution in [2.45, 2.75) is 13.0 Å². The van der Waals surface area contributed by atoms with Gasteiger partial charge >= 0.3 is 5.97 Å². The minimum absolute atomic E-state index is 0.0377. The molecule has 0 aliphatic carbocycles. The highest BCUT2D eigenvalue weighted by atomic mass is 35.5. The van der Waals surface area contributed by atoms with Gasteiger partial charge in [0, 0.05) is 28.1 Å². The Morgan fingerprint density at radius 2 is 2.00 bits per heavy atom. The van der Waals surface area contributed by atoms with Gasteiger partial charge in [0.25, 0.3) is 11.6 Å².